The number of carbonyl (C=O) groups excluding carboxylic acids is 2. The Morgan fingerprint density at radius 3 is 1.56 bits per heavy atom. The molecule has 0 fully saturated rings. The van der Waals surface area contributed by atoms with Gasteiger partial charge in [-0.15, -0.1) is 0 Å². The topological polar surface area (TPSA) is 71.4 Å². The number of unbranched alkanes of at least 4 members (excludes halogenated alkanes) is 8. The molecule has 45 heavy (non-hydrogen) atoms. The van der Waals surface area contributed by atoms with Crippen molar-refractivity contribution in [1.82, 2.24) is 9.80 Å². The molecule has 0 aromatic rings. The fourth-order valence-corrected chi connectivity index (χ4v) is 5.48. The number of aliphatic imine (C=N–C) groups is 1. The van der Waals surface area contributed by atoms with Crippen LogP contribution in [0.5, 0.6) is 0 Å². The van der Waals surface area contributed by atoms with Crippen molar-refractivity contribution in [2.45, 2.75) is 157 Å². The van der Waals surface area contributed by atoms with Crippen molar-refractivity contribution in [3.8, 4) is 0 Å². The molecule has 0 aromatic heterocycles. The maximum atomic E-state index is 12.1. The lowest BCUT2D eigenvalue weighted by molar-refractivity contribution is -0.145. The number of hydrogen-bond acceptors (Lipinski definition) is 6. The average molecular weight is 636 g/mol. The summed E-state index contributed by atoms with van der Waals surface area (Å²) in [4.78, 5) is 33.2. The summed E-state index contributed by atoms with van der Waals surface area (Å²) in [5.41, 5.74) is 0. The van der Waals surface area contributed by atoms with Crippen molar-refractivity contribution >= 4 is 17.8 Å². The first-order chi connectivity index (χ1) is 21.7. The zero-order valence-corrected chi connectivity index (χ0v) is 30.6. The zero-order valence-electron chi connectivity index (χ0n) is 30.6. The molecule has 0 aliphatic heterocycles. The summed E-state index contributed by atoms with van der Waals surface area (Å²) in [6.45, 7) is 20.0. The summed E-state index contributed by atoms with van der Waals surface area (Å²) < 4.78 is 11.0. The summed E-state index contributed by atoms with van der Waals surface area (Å²) in [7, 11) is 2.09. The second kappa shape index (κ2) is 30.7. The van der Waals surface area contributed by atoms with Gasteiger partial charge in [-0.1, -0.05) is 98.5 Å². The molecular formula is C38H73N3O4. The smallest absolute Gasteiger partial charge is 0.305 e. The van der Waals surface area contributed by atoms with Gasteiger partial charge in [0.15, 0.2) is 0 Å². The summed E-state index contributed by atoms with van der Waals surface area (Å²) in [5, 5.41) is 0. The Hall–Kier alpha value is -1.89. The quantitative estimate of drug-likeness (QED) is 0.0327. The molecule has 0 heterocycles. The number of ether oxygens (including phenoxy) is 2. The molecule has 0 N–H and O–H groups in total. The first-order valence-electron chi connectivity index (χ1n) is 18.6. The van der Waals surface area contributed by atoms with Gasteiger partial charge in [-0.25, -0.2) is 4.99 Å². The molecular weight excluding hydrogens is 562 g/mol. The maximum Gasteiger partial charge on any atom is 0.305 e. The maximum absolute atomic E-state index is 12.1. The van der Waals surface area contributed by atoms with Crippen LogP contribution in [0.15, 0.2) is 17.8 Å². The van der Waals surface area contributed by atoms with Crippen molar-refractivity contribution < 1.29 is 19.1 Å². The number of amidine groups is 1. The van der Waals surface area contributed by atoms with Crippen molar-refractivity contribution in [3.05, 3.63) is 12.8 Å². The van der Waals surface area contributed by atoms with Crippen molar-refractivity contribution in [2.75, 3.05) is 46.4 Å². The van der Waals surface area contributed by atoms with E-state index in [1.807, 2.05) is 6.92 Å². The predicted molar refractivity (Wildman–Crippen MR) is 192 cm³/mol. The van der Waals surface area contributed by atoms with Crippen LogP contribution in [0.3, 0.4) is 0 Å². The third kappa shape index (κ3) is 28.1. The summed E-state index contributed by atoms with van der Waals surface area (Å²) >= 11 is 0. The molecule has 264 valence electrons. The lowest BCUT2D eigenvalue weighted by Gasteiger charge is -2.24. The number of nitrogens with zero attached hydrogens (tertiary/aromatic N) is 3. The Morgan fingerprint density at radius 2 is 1.11 bits per heavy atom. The molecule has 0 bridgehead atoms. The van der Waals surface area contributed by atoms with Crippen LogP contribution in [-0.2, 0) is 19.1 Å². The van der Waals surface area contributed by atoms with Crippen LogP contribution in [-0.4, -0.2) is 74.0 Å². The number of rotatable bonds is 31. The van der Waals surface area contributed by atoms with Crippen LogP contribution in [0.25, 0.3) is 0 Å². The Bertz CT molecular complexity index is 713. The first-order valence-corrected chi connectivity index (χ1v) is 18.6. The van der Waals surface area contributed by atoms with Gasteiger partial charge < -0.3 is 19.3 Å². The van der Waals surface area contributed by atoms with Crippen LogP contribution < -0.4 is 0 Å². The monoisotopic (exact) mass is 636 g/mol. The second-order valence-corrected chi connectivity index (χ2v) is 13.3. The van der Waals surface area contributed by atoms with E-state index in [4.69, 9.17) is 9.47 Å². The molecule has 0 aliphatic carbocycles. The summed E-state index contributed by atoms with van der Waals surface area (Å²) in [5.74, 6) is 2.14. The molecule has 7 nitrogen and oxygen atoms in total. The predicted octanol–water partition coefficient (Wildman–Crippen LogP) is 9.59. The van der Waals surface area contributed by atoms with Crippen LogP contribution in [0.4, 0.5) is 0 Å². The van der Waals surface area contributed by atoms with Gasteiger partial charge in [0, 0.05) is 32.6 Å². The highest BCUT2D eigenvalue weighted by Gasteiger charge is 2.10. The van der Waals surface area contributed by atoms with Gasteiger partial charge in [0.1, 0.15) is 5.84 Å². The minimum atomic E-state index is -0.0338. The minimum Gasteiger partial charge on any atom is -0.466 e. The van der Waals surface area contributed by atoms with Gasteiger partial charge in [-0.2, -0.15) is 0 Å². The summed E-state index contributed by atoms with van der Waals surface area (Å²) in [6.07, 6.45) is 21.8. The lowest BCUT2D eigenvalue weighted by atomic mass is 9.99. The second-order valence-electron chi connectivity index (χ2n) is 13.3. The molecule has 7 heteroatoms. The third-order valence-electron chi connectivity index (χ3n) is 8.85. The highest BCUT2D eigenvalue weighted by molar-refractivity contribution is 5.79. The van der Waals surface area contributed by atoms with Gasteiger partial charge in [-0.3, -0.25) is 9.59 Å². The highest BCUT2D eigenvalue weighted by Crippen LogP contribution is 2.15. The van der Waals surface area contributed by atoms with E-state index in [0.29, 0.717) is 37.9 Å². The van der Waals surface area contributed by atoms with Crippen molar-refractivity contribution in [2.24, 2.45) is 16.8 Å². The normalized spacial score (nSPS) is 13.1. The average Bonchev–Trinajstić information content (AvgIpc) is 3.02. The fourth-order valence-electron chi connectivity index (χ4n) is 5.48. The van der Waals surface area contributed by atoms with E-state index in [0.717, 1.165) is 89.8 Å². The molecule has 2 unspecified atom stereocenters. The summed E-state index contributed by atoms with van der Waals surface area (Å²) in [6, 6.07) is 0. The van der Waals surface area contributed by atoms with Crippen LogP contribution >= 0.6 is 0 Å². The molecule has 0 aliphatic rings. The van der Waals surface area contributed by atoms with E-state index in [2.05, 4.69) is 56.1 Å². The standard InChI is InChI=1S/C38H73N3O4/c1-8-11-22-34(4)24-26-37(42)44-32-19-15-13-17-29-41(31-21-28-40(7)36(6)39-10-3)30-18-14-16-20-33-45-38(43)27-25-35(5)23-12-9-2/h10,34-35H,3,8-9,11-33H2,1-2,4-7H3. The van der Waals surface area contributed by atoms with Gasteiger partial charge in [-0.05, 0) is 83.3 Å². The largest absolute Gasteiger partial charge is 0.466 e. The highest BCUT2D eigenvalue weighted by atomic mass is 16.5. The van der Waals surface area contributed by atoms with Crippen molar-refractivity contribution in [1.29, 1.82) is 0 Å². The third-order valence-corrected chi connectivity index (χ3v) is 8.85. The van der Waals surface area contributed by atoms with Gasteiger partial charge in [0.2, 0.25) is 0 Å². The number of hydrogen-bond donors (Lipinski definition) is 0. The fraction of sp³-hybridized carbons (Fsp3) is 0.868. The molecule has 2 atom stereocenters. The SMILES string of the molecule is C=CN=C(C)N(C)CCCN(CCCCCCOC(=O)CCC(C)CCCC)CCCCCCOC(=O)CCC(C)CCCC. The zero-order chi connectivity index (χ0) is 33.5. The molecule has 0 saturated carbocycles. The van der Waals surface area contributed by atoms with Gasteiger partial charge >= 0.3 is 11.9 Å². The Balaban J connectivity index is 4.24. The molecule has 0 amide bonds. The molecule has 0 spiro atoms. The van der Waals surface area contributed by atoms with Gasteiger partial charge in [0.05, 0.1) is 13.2 Å². The molecule has 0 aromatic carbocycles. The number of carbonyl (C=O) groups is 2. The minimum absolute atomic E-state index is 0.0338. The molecule has 0 radical (unpaired) electrons. The number of esters is 2. The van der Waals surface area contributed by atoms with E-state index in [9.17, 15) is 9.59 Å². The van der Waals surface area contributed by atoms with E-state index in [1.54, 1.807) is 6.20 Å². The van der Waals surface area contributed by atoms with Crippen LogP contribution in [0, 0.1) is 11.8 Å². The Labute approximate surface area is 279 Å². The Kier molecular flexibility index (Phi) is 29.5. The van der Waals surface area contributed by atoms with Crippen LogP contribution in [0.1, 0.15) is 157 Å². The molecule has 0 saturated heterocycles. The molecule has 0 rings (SSSR count). The first kappa shape index (κ1) is 43.1. The van der Waals surface area contributed by atoms with Crippen molar-refractivity contribution in [3.63, 3.8) is 0 Å². The van der Waals surface area contributed by atoms with Gasteiger partial charge in [0.25, 0.3) is 0 Å². The van der Waals surface area contributed by atoms with E-state index in [-0.39, 0.29) is 11.9 Å². The Morgan fingerprint density at radius 1 is 0.667 bits per heavy atom. The van der Waals surface area contributed by atoms with E-state index >= 15 is 0 Å². The van der Waals surface area contributed by atoms with Crippen LogP contribution in [0.2, 0.25) is 0 Å². The lowest BCUT2D eigenvalue weighted by Crippen LogP contribution is -2.31. The van der Waals surface area contributed by atoms with E-state index in [1.165, 1.54) is 51.4 Å². The van der Waals surface area contributed by atoms with E-state index < -0.39 is 0 Å².